The number of allylic oxidation sites excluding steroid dienone is 1. The summed E-state index contributed by atoms with van der Waals surface area (Å²) in [5.41, 5.74) is 4.10. The van der Waals surface area contributed by atoms with Gasteiger partial charge in [-0.05, 0) is 36.8 Å². The number of carbonyl (C=O) groups is 1. The second kappa shape index (κ2) is 7.81. The molecule has 0 saturated carbocycles. The van der Waals surface area contributed by atoms with Gasteiger partial charge in [-0.3, -0.25) is 9.69 Å². The van der Waals surface area contributed by atoms with Crippen LogP contribution >= 0.6 is 24.0 Å². The van der Waals surface area contributed by atoms with Crippen molar-refractivity contribution in [2.24, 2.45) is 0 Å². The van der Waals surface area contributed by atoms with E-state index in [0.717, 1.165) is 34.8 Å². The van der Waals surface area contributed by atoms with Crippen molar-refractivity contribution in [3.63, 3.8) is 0 Å². The molecule has 1 amide bonds. The normalized spacial score (nSPS) is 18.6. The Balaban J connectivity index is 1.69. The molecule has 2 aromatic carbocycles. The molecular weight excluding hydrogens is 388 g/mol. The highest BCUT2D eigenvalue weighted by atomic mass is 32.2. The van der Waals surface area contributed by atoms with Crippen LogP contribution in [-0.4, -0.2) is 28.8 Å². The molecule has 0 aromatic heterocycles. The minimum absolute atomic E-state index is 0.0334. The molecule has 0 spiro atoms. The van der Waals surface area contributed by atoms with Crippen molar-refractivity contribution in [2.45, 2.75) is 13.5 Å². The van der Waals surface area contributed by atoms with Gasteiger partial charge in [0.2, 0.25) is 0 Å². The first-order chi connectivity index (χ1) is 13.6. The van der Waals surface area contributed by atoms with E-state index in [1.54, 1.807) is 12.0 Å². The van der Waals surface area contributed by atoms with Crippen molar-refractivity contribution in [2.75, 3.05) is 18.6 Å². The molecule has 0 N–H and O–H groups in total. The highest BCUT2D eigenvalue weighted by Gasteiger charge is 2.36. The fourth-order valence-corrected chi connectivity index (χ4v) is 4.73. The molecule has 2 aliphatic heterocycles. The molecule has 28 heavy (non-hydrogen) atoms. The minimum atomic E-state index is -0.0334. The lowest BCUT2D eigenvalue weighted by molar-refractivity contribution is -0.122. The van der Waals surface area contributed by atoms with Gasteiger partial charge in [0, 0.05) is 17.8 Å². The molecule has 4 nitrogen and oxygen atoms in total. The first kappa shape index (κ1) is 18.8. The third-order valence-corrected chi connectivity index (χ3v) is 6.27. The molecule has 4 rings (SSSR count). The first-order valence-electron chi connectivity index (χ1n) is 9.08. The maximum absolute atomic E-state index is 13.2. The standard InChI is InChI=1S/C22H20N2O2S2/c1-3-23-18-12-10-17(26-2)13-16(18)9-11-19(23)20-21(25)24(22(27)28-20)14-15-7-5-4-6-8-15/h4-13H,3,14H2,1-2H3. The van der Waals surface area contributed by atoms with E-state index in [2.05, 4.69) is 11.8 Å². The number of ether oxygens (including phenoxy) is 1. The molecule has 0 aliphatic carbocycles. The topological polar surface area (TPSA) is 32.8 Å². The van der Waals surface area contributed by atoms with Crippen molar-refractivity contribution >= 4 is 46.0 Å². The van der Waals surface area contributed by atoms with E-state index in [9.17, 15) is 4.79 Å². The van der Waals surface area contributed by atoms with E-state index < -0.39 is 0 Å². The number of benzene rings is 2. The van der Waals surface area contributed by atoms with E-state index in [0.29, 0.717) is 15.8 Å². The zero-order valence-electron chi connectivity index (χ0n) is 15.7. The Labute approximate surface area is 174 Å². The summed E-state index contributed by atoms with van der Waals surface area (Å²) < 4.78 is 5.93. The molecule has 0 radical (unpaired) electrons. The third-order valence-electron chi connectivity index (χ3n) is 4.82. The van der Waals surface area contributed by atoms with Gasteiger partial charge in [-0.25, -0.2) is 0 Å². The zero-order chi connectivity index (χ0) is 19.7. The lowest BCUT2D eigenvalue weighted by Crippen LogP contribution is -2.30. The van der Waals surface area contributed by atoms with Crippen molar-refractivity contribution in [1.29, 1.82) is 0 Å². The number of fused-ring (bicyclic) bond motifs is 1. The van der Waals surface area contributed by atoms with E-state index in [1.807, 2.05) is 60.7 Å². The number of carbonyl (C=O) groups excluding carboxylic acids is 1. The Morgan fingerprint density at radius 3 is 2.57 bits per heavy atom. The molecular formula is C22H20N2O2S2. The van der Waals surface area contributed by atoms with Gasteiger partial charge in [-0.1, -0.05) is 60.4 Å². The Hall–Kier alpha value is -2.57. The molecule has 142 valence electrons. The van der Waals surface area contributed by atoms with Gasteiger partial charge in [-0.15, -0.1) is 0 Å². The summed E-state index contributed by atoms with van der Waals surface area (Å²) >= 11 is 6.90. The number of rotatable bonds is 4. The zero-order valence-corrected chi connectivity index (χ0v) is 17.3. The monoisotopic (exact) mass is 408 g/mol. The van der Waals surface area contributed by atoms with Gasteiger partial charge < -0.3 is 9.64 Å². The minimum Gasteiger partial charge on any atom is -0.497 e. The first-order valence-corrected chi connectivity index (χ1v) is 10.3. The average Bonchev–Trinajstić information content (AvgIpc) is 3.01. The van der Waals surface area contributed by atoms with E-state index in [4.69, 9.17) is 17.0 Å². The smallest absolute Gasteiger partial charge is 0.268 e. The summed E-state index contributed by atoms with van der Waals surface area (Å²) in [5, 5.41) is 0. The fraction of sp³-hybridized carbons (Fsp3) is 0.182. The van der Waals surface area contributed by atoms with E-state index >= 15 is 0 Å². The second-order valence-corrected chi connectivity index (χ2v) is 8.11. The molecule has 0 bridgehead atoms. The molecule has 0 atom stereocenters. The van der Waals surface area contributed by atoms with Crippen LogP contribution in [0.1, 0.15) is 18.1 Å². The van der Waals surface area contributed by atoms with Crippen LogP contribution in [0.4, 0.5) is 5.69 Å². The number of methoxy groups -OCH3 is 1. The third kappa shape index (κ3) is 3.34. The average molecular weight is 409 g/mol. The van der Waals surface area contributed by atoms with Gasteiger partial charge in [0.05, 0.1) is 19.4 Å². The Kier molecular flexibility index (Phi) is 5.24. The summed E-state index contributed by atoms with van der Waals surface area (Å²) in [4.78, 5) is 17.7. The van der Waals surface area contributed by atoms with Crippen LogP contribution in [0.15, 0.2) is 65.2 Å². The maximum atomic E-state index is 13.2. The van der Waals surface area contributed by atoms with Crippen LogP contribution in [-0.2, 0) is 11.3 Å². The second-order valence-electron chi connectivity index (χ2n) is 6.46. The summed E-state index contributed by atoms with van der Waals surface area (Å²) in [6.07, 6.45) is 4.03. The molecule has 2 aromatic rings. The molecule has 0 unspecified atom stereocenters. The molecule has 6 heteroatoms. The van der Waals surface area contributed by atoms with Crippen molar-refractivity contribution in [1.82, 2.24) is 4.90 Å². The van der Waals surface area contributed by atoms with E-state index in [1.165, 1.54) is 11.8 Å². The Bertz CT molecular complexity index is 999. The predicted octanol–water partition coefficient (Wildman–Crippen LogP) is 4.82. The van der Waals surface area contributed by atoms with Crippen LogP contribution in [0.3, 0.4) is 0 Å². The van der Waals surface area contributed by atoms with Crippen LogP contribution in [0, 0.1) is 0 Å². The van der Waals surface area contributed by atoms with Crippen molar-refractivity contribution in [3.8, 4) is 5.75 Å². The number of anilines is 1. The lowest BCUT2D eigenvalue weighted by atomic mass is 10.0. The van der Waals surface area contributed by atoms with Crippen molar-refractivity contribution < 1.29 is 9.53 Å². The van der Waals surface area contributed by atoms with Crippen LogP contribution in [0.5, 0.6) is 5.75 Å². The Morgan fingerprint density at radius 2 is 1.86 bits per heavy atom. The SMILES string of the molecule is CCN1C(=C2SC(=S)N(Cc3ccccc3)C2=O)C=Cc2cc(OC)ccc21. The van der Waals surface area contributed by atoms with E-state index in [-0.39, 0.29) is 5.91 Å². The maximum Gasteiger partial charge on any atom is 0.268 e. The highest BCUT2D eigenvalue weighted by Crippen LogP contribution is 2.40. The quantitative estimate of drug-likeness (QED) is 0.535. The predicted molar refractivity (Wildman–Crippen MR) is 119 cm³/mol. The number of amides is 1. The van der Waals surface area contributed by atoms with Crippen LogP contribution in [0.2, 0.25) is 0 Å². The molecule has 1 fully saturated rings. The fourth-order valence-electron chi connectivity index (χ4n) is 3.42. The van der Waals surface area contributed by atoms with Gasteiger partial charge >= 0.3 is 0 Å². The molecule has 1 saturated heterocycles. The number of likely N-dealkylation sites (N-methyl/N-ethyl adjacent to an activating group) is 1. The molecule has 2 heterocycles. The number of thioether (sulfide) groups is 1. The molecule has 2 aliphatic rings. The summed E-state index contributed by atoms with van der Waals surface area (Å²) in [5.74, 6) is 0.783. The van der Waals surface area contributed by atoms with Crippen LogP contribution < -0.4 is 9.64 Å². The van der Waals surface area contributed by atoms with Gasteiger partial charge in [0.1, 0.15) is 15.0 Å². The number of thiocarbonyl (C=S) groups is 1. The van der Waals surface area contributed by atoms with Gasteiger partial charge in [-0.2, -0.15) is 0 Å². The van der Waals surface area contributed by atoms with Gasteiger partial charge in [0.25, 0.3) is 5.91 Å². The van der Waals surface area contributed by atoms with Gasteiger partial charge in [0.15, 0.2) is 0 Å². The highest BCUT2D eigenvalue weighted by molar-refractivity contribution is 8.26. The number of nitrogens with zero attached hydrogens (tertiary/aromatic N) is 2. The summed E-state index contributed by atoms with van der Waals surface area (Å²) in [6.45, 7) is 3.32. The van der Waals surface area contributed by atoms with Crippen molar-refractivity contribution in [3.05, 3.63) is 76.3 Å². The number of hydrogen-bond acceptors (Lipinski definition) is 5. The Morgan fingerprint density at radius 1 is 1.07 bits per heavy atom. The largest absolute Gasteiger partial charge is 0.497 e. The number of hydrogen-bond donors (Lipinski definition) is 0. The van der Waals surface area contributed by atoms with Crippen LogP contribution in [0.25, 0.3) is 6.08 Å². The summed E-state index contributed by atoms with van der Waals surface area (Å²) in [7, 11) is 1.66. The summed E-state index contributed by atoms with van der Waals surface area (Å²) in [6, 6.07) is 15.9. The lowest BCUT2D eigenvalue weighted by Gasteiger charge is -2.30.